The number of ketones is 1. The second-order valence-corrected chi connectivity index (χ2v) is 4.84. The Morgan fingerprint density at radius 2 is 2.06 bits per heavy atom. The number of Topliss-reactive ketones (excluding diaryl/α,β-unsaturated/α-hetero) is 1. The summed E-state index contributed by atoms with van der Waals surface area (Å²) in [5.41, 5.74) is 1.92. The van der Waals surface area contributed by atoms with E-state index in [0.717, 1.165) is 29.4 Å². The molecular weight excluding hydrogens is 224 g/mol. The Labute approximate surface area is 108 Å². The number of fused-ring (bicyclic) bond motifs is 1. The fourth-order valence-corrected chi connectivity index (χ4v) is 2.18. The van der Waals surface area contributed by atoms with Crippen molar-refractivity contribution in [1.82, 2.24) is 0 Å². The Morgan fingerprint density at radius 3 is 2.78 bits per heavy atom. The van der Waals surface area contributed by atoms with E-state index in [2.05, 4.69) is 6.92 Å². The first kappa shape index (κ1) is 12.9. The predicted octanol–water partition coefficient (Wildman–Crippen LogP) is 4.89. The summed E-state index contributed by atoms with van der Waals surface area (Å²) in [6.07, 6.45) is 5.08. The summed E-state index contributed by atoms with van der Waals surface area (Å²) < 4.78 is 5.67. The molecule has 0 radical (unpaired) electrons. The Bertz CT molecular complexity index is 537. The summed E-state index contributed by atoms with van der Waals surface area (Å²) in [6, 6.07) is 7.84. The summed E-state index contributed by atoms with van der Waals surface area (Å²) in [5, 5.41) is 1.02. The molecule has 0 unspecified atom stereocenters. The van der Waals surface area contributed by atoms with E-state index in [1.54, 1.807) is 0 Å². The topological polar surface area (TPSA) is 30.2 Å². The molecule has 0 aliphatic rings. The zero-order valence-corrected chi connectivity index (χ0v) is 11.2. The van der Waals surface area contributed by atoms with Crippen LogP contribution < -0.4 is 0 Å². The van der Waals surface area contributed by atoms with Gasteiger partial charge in [0, 0.05) is 11.8 Å². The number of hydrogen-bond donors (Lipinski definition) is 0. The number of hydrogen-bond acceptors (Lipinski definition) is 2. The Kier molecular flexibility index (Phi) is 4.19. The van der Waals surface area contributed by atoms with E-state index < -0.39 is 0 Å². The van der Waals surface area contributed by atoms with Crippen molar-refractivity contribution in [1.29, 1.82) is 0 Å². The molecule has 18 heavy (non-hydrogen) atoms. The largest absolute Gasteiger partial charge is 0.453 e. The van der Waals surface area contributed by atoms with Crippen LogP contribution in [-0.4, -0.2) is 5.78 Å². The fourth-order valence-electron chi connectivity index (χ4n) is 2.18. The maximum Gasteiger partial charge on any atom is 0.198 e. The number of rotatable bonds is 6. The van der Waals surface area contributed by atoms with Crippen LogP contribution in [0, 0.1) is 6.92 Å². The number of carbonyl (C=O) groups excluding carboxylic acids is 1. The average Bonchev–Trinajstić information content (AvgIpc) is 2.80. The van der Waals surface area contributed by atoms with Crippen molar-refractivity contribution in [2.75, 3.05) is 0 Å². The summed E-state index contributed by atoms with van der Waals surface area (Å²) in [5.74, 6) is 0.637. The average molecular weight is 244 g/mol. The van der Waals surface area contributed by atoms with Crippen LogP contribution in [0.2, 0.25) is 0 Å². The molecule has 1 heterocycles. The van der Waals surface area contributed by atoms with Gasteiger partial charge in [0.15, 0.2) is 11.5 Å². The lowest BCUT2D eigenvalue weighted by atomic mass is 10.1. The van der Waals surface area contributed by atoms with Crippen LogP contribution in [0.25, 0.3) is 11.0 Å². The number of aryl methyl sites for hydroxylation is 1. The molecule has 0 saturated carbocycles. The number of furan rings is 1. The van der Waals surface area contributed by atoms with Gasteiger partial charge >= 0.3 is 0 Å². The molecule has 2 rings (SSSR count). The third-order valence-corrected chi connectivity index (χ3v) is 3.27. The summed E-state index contributed by atoms with van der Waals surface area (Å²) in [7, 11) is 0. The standard InChI is InChI=1S/C16H20O2/c1-3-4-5-6-10-14(17)15-11-13-9-7-8-12(2)16(13)18-15/h7-9,11H,3-6,10H2,1-2H3. The summed E-state index contributed by atoms with van der Waals surface area (Å²) in [6.45, 7) is 4.17. The third kappa shape index (κ3) is 2.81. The molecular formula is C16H20O2. The zero-order valence-electron chi connectivity index (χ0n) is 11.2. The molecule has 0 fully saturated rings. The maximum absolute atomic E-state index is 12.0. The van der Waals surface area contributed by atoms with E-state index in [9.17, 15) is 4.79 Å². The first-order valence-corrected chi connectivity index (χ1v) is 6.74. The van der Waals surface area contributed by atoms with Gasteiger partial charge in [-0.25, -0.2) is 0 Å². The molecule has 1 aromatic heterocycles. The van der Waals surface area contributed by atoms with Crippen molar-refractivity contribution in [2.24, 2.45) is 0 Å². The molecule has 0 spiro atoms. The van der Waals surface area contributed by atoms with Crippen molar-refractivity contribution >= 4 is 16.8 Å². The quantitative estimate of drug-likeness (QED) is 0.534. The molecule has 0 amide bonds. The first-order valence-electron chi connectivity index (χ1n) is 6.74. The van der Waals surface area contributed by atoms with Gasteiger partial charge in [-0.05, 0) is 25.0 Å². The molecule has 0 saturated heterocycles. The minimum Gasteiger partial charge on any atom is -0.453 e. The van der Waals surface area contributed by atoms with Gasteiger partial charge in [-0.2, -0.15) is 0 Å². The fraction of sp³-hybridized carbons (Fsp3) is 0.438. The van der Waals surface area contributed by atoms with E-state index in [1.165, 1.54) is 12.8 Å². The summed E-state index contributed by atoms with van der Waals surface area (Å²) >= 11 is 0. The highest BCUT2D eigenvalue weighted by molar-refractivity contribution is 5.97. The highest BCUT2D eigenvalue weighted by Gasteiger charge is 2.12. The second kappa shape index (κ2) is 5.85. The molecule has 2 heteroatoms. The van der Waals surface area contributed by atoms with E-state index in [4.69, 9.17) is 4.42 Å². The highest BCUT2D eigenvalue weighted by Crippen LogP contribution is 2.23. The number of carbonyl (C=O) groups is 1. The second-order valence-electron chi connectivity index (χ2n) is 4.84. The zero-order chi connectivity index (χ0) is 13.0. The van der Waals surface area contributed by atoms with Crippen LogP contribution in [0.4, 0.5) is 0 Å². The van der Waals surface area contributed by atoms with Crippen molar-refractivity contribution in [3.05, 3.63) is 35.6 Å². The number of benzene rings is 1. The van der Waals surface area contributed by atoms with Crippen LogP contribution in [0.1, 0.15) is 55.1 Å². The van der Waals surface area contributed by atoms with Gasteiger partial charge in [0.2, 0.25) is 0 Å². The Hall–Kier alpha value is -1.57. The van der Waals surface area contributed by atoms with Crippen LogP contribution in [0.3, 0.4) is 0 Å². The molecule has 0 N–H and O–H groups in total. The van der Waals surface area contributed by atoms with Crippen LogP contribution in [0.5, 0.6) is 0 Å². The van der Waals surface area contributed by atoms with Gasteiger partial charge in [-0.15, -0.1) is 0 Å². The lowest BCUT2D eigenvalue weighted by Crippen LogP contribution is -1.96. The van der Waals surface area contributed by atoms with Crippen LogP contribution in [-0.2, 0) is 0 Å². The Morgan fingerprint density at radius 1 is 1.22 bits per heavy atom. The SMILES string of the molecule is CCCCCCC(=O)c1cc2cccc(C)c2o1. The number of unbranched alkanes of at least 4 members (excludes halogenated alkanes) is 3. The molecule has 2 nitrogen and oxygen atoms in total. The van der Waals surface area contributed by atoms with Crippen LogP contribution in [0.15, 0.2) is 28.7 Å². The van der Waals surface area contributed by atoms with E-state index in [1.807, 2.05) is 31.2 Å². The normalized spacial score (nSPS) is 11.0. The van der Waals surface area contributed by atoms with Crippen molar-refractivity contribution < 1.29 is 9.21 Å². The van der Waals surface area contributed by atoms with Gasteiger partial charge in [-0.3, -0.25) is 4.79 Å². The van der Waals surface area contributed by atoms with Crippen molar-refractivity contribution in [3.63, 3.8) is 0 Å². The summed E-state index contributed by atoms with van der Waals surface area (Å²) in [4.78, 5) is 12.0. The maximum atomic E-state index is 12.0. The van der Waals surface area contributed by atoms with Crippen molar-refractivity contribution in [2.45, 2.75) is 46.0 Å². The molecule has 0 atom stereocenters. The molecule has 1 aromatic carbocycles. The monoisotopic (exact) mass is 244 g/mol. The predicted molar refractivity (Wildman–Crippen MR) is 74.0 cm³/mol. The van der Waals surface area contributed by atoms with Crippen molar-refractivity contribution in [3.8, 4) is 0 Å². The lowest BCUT2D eigenvalue weighted by molar-refractivity contribution is 0.0954. The Balaban J connectivity index is 2.06. The molecule has 96 valence electrons. The molecule has 0 aliphatic carbocycles. The van der Waals surface area contributed by atoms with E-state index >= 15 is 0 Å². The molecule has 2 aromatic rings. The number of para-hydroxylation sites is 1. The highest BCUT2D eigenvalue weighted by atomic mass is 16.3. The van der Waals surface area contributed by atoms with E-state index in [0.29, 0.717) is 12.2 Å². The molecule has 0 bridgehead atoms. The third-order valence-electron chi connectivity index (χ3n) is 3.27. The first-order chi connectivity index (χ1) is 8.72. The van der Waals surface area contributed by atoms with Crippen LogP contribution >= 0.6 is 0 Å². The minimum absolute atomic E-state index is 0.127. The van der Waals surface area contributed by atoms with Gasteiger partial charge < -0.3 is 4.42 Å². The van der Waals surface area contributed by atoms with E-state index in [-0.39, 0.29) is 5.78 Å². The van der Waals surface area contributed by atoms with Gasteiger partial charge in [-0.1, -0.05) is 44.4 Å². The lowest BCUT2D eigenvalue weighted by Gasteiger charge is -1.97. The van der Waals surface area contributed by atoms with Gasteiger partial charge in [0.25, 0.3) is 0 Å². The minimum atomic E-state index is 0.127. The van der Waals surface area contributed by atoms with Gasteiger partial charge in [0.1, 0.15) is 5.58 Å². The molecule has 0 aliphatic heterocycles. The smallest absolute Gasteiger partial charge is 0.198 e. The van der Waals surface area contributed by atoms with Gasteiger partial charge in [0.05, 0.1) is 0 Å².